The van der Waals surface area contributed by atoms with Gasteiger partial charge >= 0.3 is 0 Å². The van der Waals surface area contributed by atoms with Gasteiger partial charge in [-0.05, 0) is 13.0 Å². The summed E-state index contributed by atoms with van der Waals surface area (Å²) in [7, 11) is 1.75. The van der Waals surface area contributed by atoms with Crippen LogP contribution in [-0.4, -0.2) is 35.7 Å². The van der Waals surface area contributed by atoms with E-state index in [1.807, 2.05) is 0 Å². The van der Waals surface area contributed by atoms with Crippen LogP contribution >= 0.6 is 11.6 Å². The van der Waals surface area contributed by atoms with Gasteiger partial charge in [0.15, 0.2) is 0 Å². The third-order valence-corrected chi connectivity index (χ3v) is 2.28. The lowest BCUT2D eigenvalue weighted by Gasteiger charge is -2.20. The van der Waals surface area contributed by atoms with Gasteiger partial charge in [0, 0.05) is 19.8 Å². The van der Waals surface area contributed by atoms with E-state index in [4.69, 9.17) is 17.3 Å². The van der Waals surface area contributed by atoms with E-state index in [1.54, 1.807) is 18.9 Å². The van der Waals surface area contributed by atoms with Crippen LogP contribution in [0.1, 0.15) is 17.3 Å². The third-order valence-electron chi connectivity index (χ3n) is 2.01. The van der Waals surface area contributed by atoms with Gasteiger partial charge in [-0.3, -0.25) is 4.79 Å². The summed E-state index contributed by atoms with van der Waals surface area (Å²) in [5.41, 5.74) is 5.36. The van der Waals surface area contributed by atoms with Gasteiger partial charge in [-0.25, -0.2) is 4.98 Å². The Bertz CT molecular complexity index is 396. The molecule has 0 aliphatic heterocycles. The van der Waals surface area contributed by atoms with E-state index in [2.05, 4.69) is 4.98 Å². The lowest BCUT2D eigenvalue weighted by Crippen LogP contribution is -2.28. The lowest BCUT2D eigenvalue weighted by molar-refractivity contribution is 0.1000. The van der Waals surface area contributed by atoms with E-state index in [9.17, 15) is 9.90 Å². The summed E-state index contributed by atoms with van der Waals surface area (Å²) >= 11 is 5.96. The Kier molecular flexibility index (Phi) is 4.09. The molecular formula is C10H14ClN3O2. The first-order chi connectivity index (χ1) is 7.41. The van der Waals surface area contributed by atoms with Gasteiger partial charge in [0.2, 0.25) is 5.91 Å². The summed E-state index contributed by atoms with van der Waals surface area (Å²) in [6, 6.07) is 1.46. The SMILES string of the molecule is C[C@H](O)CN(C)c1ncc(C(N)=O)cc1Cl. The monoisotopic (exact) mass is 243 g/mol. The summed E-state index contributed by atoms with van der Waals surface area (Å²) in [5.74, 6) is -0.0632. The van der Waals surface area contributed by atoms with Crippen LogP contribution in [0.15, 0.2) is 12.3 Å². The van der Waals surface area contributed by atoms with Crippen molar-refractivity contribution in [2.24, 2.45) is 5.73 Å². The van der Waals surface area contributed by atoms with Crippen molar-refractivity contribution in [3.8, 4) is 0 Å². The summed E-state index contributed by atoms with van der Waals surface area (Å²) in [6.45, 7) is 2.07. The first-order valence-corrected chi connectivity index (χ1v) is 5.14. The second-order valence-electron chi connectivity index (χ2n) is 3.62. The number of primary amides is 1. The Morgan fingerprint density at radius 2 is 2.38 bits per heavy atom. The Labute approximate surface area is 98.8 Å². The number of hydrogen-bond donors (Lipinski definition) is 2. The second-order valence-corrected chi connectivity index (χ2v) is 4.03. The molecule has 0 aromatic carbocycles. The molecule has 16 heavy (non-hydrogen) atoms. The molecule has 0 aliphatic carbocycles. The highest BCUT2D eigenvalue weighted by atomic mass is 35.5. The molecule has 3 N–H and O–H groups in total. The predicted octanol–water partition coefficient (Wildman–Crippen LogP) is 0.651. The zero-order chi connectivity index (χ0) is 12.3. The lowest BCUT2D eigenvalue weighted by atomic mass is 10.2. The maximum absolute atomic E-state index is 10.9. The van der Waals surface area contributed by atoms with Crippen molar-refractivity contribution in [3.63, 3.8) is 0 Å². The maximum atomic E-state index is 10.9. The standard InChI is InChI=1S/C10H14ClN3O2/c1-6(15)5-14(2)10-8(11)3-7(4-13-10)9(12)16/h3-4,6,15H,5H2,1-2H3,(H2,12,16)/t6-/m0/s1. The summed E-state index contributed by atoms with van der Waals surface area (Å²) in [5, 5.41) is 9.56. The fourth-order valence-electron chi connectivity index (χ4n) is 1.33. The number of halogens is 1. The van der Waals surface area contributed by atoms with Crippen molar-refractivity contribution in [3.05, 3.63) is 22.8 Å². The van der Waals surface area contributed by atoms with Crippen LogP contribution in [0.3, 0.4) is 0 Å². The van der Waals surface area contributed by atoms with E-state index in [-0.39, 0.29) is 5.56 Å². The molecule has 1 aromatic rings. The van der Waals surface area contributed by atoms with Crippen LogP contribution in [-0.2, 0) is 0 Å². The van der Waals surface area contributed by atoms with Gasteiger partial charge in [0.25, 0.3) is 0 Å². The smallest absolute Gasteiger partial charge is 0.250 e. The fourth-order valence-corrected chi connectivity index (χ4v) is 1.64. The Hall–Kier alpha value is -1.33. The van der Waals surface area contributed by atoms with Gasteiger partial charge in [-0.2, -0.15) is 0 Å². The fraction of sp³-hybridized carbons (Fsp3) is 0.400. The van der Waals surface area contributed by atoms with Crippen molar-refractivity contribution in [1.29, 1.82) is 0 Å². The van der Waals surface area contributed by atoms with Crippen LogP contribution in [0.2, 0.25) is 5.02 Å². The minimum atomic E-state index is -0.570. The van der Waals surface area contributed by atoms with Crippen LogP contribution in [0.25, 0.3) is 0 Å². The molecule has 0 aliphatic rings. The average Bonchev–Trinajstić information content (AvgIpc) is 2.15. The van der Waals surface area contributed by atoms with E-state index in [1.165, 1.54) is 12.3 Å². The highest BCUT2D eigenvalue weighted by Gasteiger charge is 2.12. The molecule has 0 saturated carbocycles. The van der Waals surface area contributed by atoms with Crippen LogP contribution in [0.4, 0.5) is 5.82 Å². The third kappa shape index (κ3) is 3.08. The van der Waals surface area contributed by atoms with Gasteiger partial charge < -0.3 is 15.7 Å². The van der Waals surface area contributed by atoms with Crippen LogP contribution in [0.5, 0.6) is 0 Å². The molecule has 1 rings (SSSR count). The molecule has 0 unspecified atom stereocenters. The van der Waals surface area contributed by atoms with Gasteiger partial charge in [-0.1, -0.05) is 11.6 Å². The molecule has 1 amide bonds. The molecule has 1 aromatic heterocycles. The van der Waals surface area contributed by atoms with E-state index < -0.39 is 12.0 Å². The van der Waals surface area contributed by atoms with Crippen molar-refractivity contribution < 1.29 is 9.90 Å². The molecule has 0 spiro atoms. The molecule has 0 radical (unpaired) electrons. The minimum Gasteiger partial charge on any atom is -0.392 e. The van der Waals surface area contributed by atoms with Crippen molar-refractivity contribution >= 4 is 23.3 Å². The number of nitrogens with two attached hydrogens (primary N) is 1. The maximum Gasteiger partial charge on any atom is 0.250 e. The van der Waals surface area contributed by atoms with Crippen LogP contribution < -0.4 is 10.6 Å². The number of aliphatic hydroxyl groups is 1. The van der Waals surface area contributed by atoms with Gasteiger partial charge in [0.05, 0.1) is 16.7 Å². The number of amides is 1. The number of aromatic nitrogens is 1. The number of likely N-dealkylation sites (N-methyl/N-ethyl adjacent to an activating group) is 1. The first-order valence-electron chi connectivity index (χ1n) is 4.76. The molecule has 6 heteroatoms. The highest BCUT2D eigenvalue weighted by Crippen LogP contribution is 2.23. The number of aliphatic hydroxyl groups excluding tert-OH is 1. The summed E-state index contributed by atoms with van der Waals surface area (Å²) in [4.78, 5) is 16.6. The van der Waals surface area contributed by atoms with Gasteiger partial charge in [0.1, 0.15) is 5.82 Å². The van der Waals surface area contributed by atoms with Crippen molar-refractivity contribution in [2.45, 2.75) is 13.0 Å². The topological polar surface area (TPSA) is 79.4 Å². The molecule has 0 saturated heterocycles. The molecule has 88 valence electrons. The number of carbonyl (C=O) groups excluding carboxylic acids is 1. The highest BCUT2D eigenvalue weighted by molar-refractivity contribution is 6.33. The van der Waals surface area contributed by atoms with Gasteiger partial charge in [-0.15, -0.1) is 0 Å². The first kappa shape index (κ1) is 12.7. The van der Waals surface area contributed by atoms with E-state index >= 15 is 0 Å². The zero-order valence-electron chi connectivity index (χ0n) is 9.14. The van der Waals surface area contributed by atoms with E-state index in [0.717, 1.165) is 0 Å². The normalized spacial score (nSPS) is 12.2. The zero-order valence-corrected chi connectivity index (χ0v) is 9.90. The molecule has 0 bridgehead atoms. The predicted molar refractivity (Wildman–Crippen MR) is 62.7 cm³/mol. The van der Waals surface area contributed by atoms with Crippen molar-refractivity contribution in [2.75, 3.05) is 18.5 Å². The summed E-state index contributed by atoms with van der Waals surface area (Å²) < 4.78 is 0. The molecule has 5 nitrogen and oxygen atoms in total. The number of rotatable bonds is 4. The minimum absolute atomic E-state index is 0.263. The second kappa shape index (κ2) is 5.14. The Morgan fingerprint density at radius 1 is 1.75 bits per heavy atom. The molecule has 0 fully saturated rings. The number of pyridine rings is 1. The Morgan fingerprint density at radius 3 is 2.81 bits per heavy atom. The number of hydrogen-bond acceptors (Lipinski definition) is 4. The molecule has 1 heterocycles. The molecular weight excluding hydrogens is 230 g/mol. The number of anilines is 1. The number of nitrogens with zero attached hydrogens (tertiary/aromatic N) is 2. The molecule has 1 atom stereocenters. The quantitative estimate of drug-likeness (QED) is 0.814. The van der Waals surface area contributed by atoms with Crippen LogP contribution in [0, 0.1) is 0 Å². The van der Waals surface area contributed by atoms with Crippen molar-refractivity contribution in [1.82, 2.24) is 4.98 Å². The summed E-state index contributed by atoms with van der Waals surface area (Å²) in [6.07, 6.45) is 0.876. The van der Waals surface area contributed by atoms with E-state index in [0.29, 0.717) is 17.4 Å². The largest absolute Gasteiger partial charge is 0.392 e. The number of carbonyl (C=O) groups is 1. The Balaban J connectivity index is 2.94. The average molecular weight is 244 g/mol.